The summed E-state index contributed by atoms with van der Waals surface area (Å²) in [5, 5.41) is 2.04. The lowest BCUT2D eigenvalue weighted by Crippen LogP contribution is -2.14. The lowest BCUT2D eigenvalue weighted by Gasteiger charge is -2.11. The first-order chi connectivity index (χ1) is 12.5. The Kier molecular flexibility index (Phi) is 5.32. The Morgan fingerprint density at radius 1 is 1.35 bits per heavy atom. The van der Waals surface area contributed by atoms with Gasteiger partial charge in [0.05, 0.1) is 28.8 Å². The fourth-order valence-corrected chi connectivity index (χ4v) is 3.77. The van der Waals surface area contributed by atoms with Crippen LogP contribution in [0.15, 0.2) is 23.6 Å². The van der Waals surface area contributed by atoms with Crippen LogP contribution < -0.4 is 4.74 Å². The third-order valence-electron chi connectivity index (χ3n) is 4.17. The molecule has 0 aliphatic carbocycles. The average Bonchev–Trinajstić information content (AvgIpc) is 3.21. The molecular formula is C20H24N2O3S. The second kappa shape index (κ2) is 7.50. The Morgan fingerprint density at radius 3 is 2.69 bits per heavy atom. The highest BCUT2D eigenvalue weighted by Gasteiger charge is 2.27. The summed E-state index contributed by atoms with van der Waals surface area (Å²) in [4.78, 5) is 18.6. The van der Waals surface area contributed by atoms with Crippen molar-refractivity contribution in [1.29, 1.82) is 0 Å². The molecule has 6 heteroatoms. The summed E-state index contributed by atoms with van der Waals surface area (Å²) in [6.07, 6.45) is 0.780. The number of thiophene rings is 1. The van der Waals surface area contributed by atoms with Crippen LogP contribution in [0.5, 0.6) is 5.75 Å². The van der Waals surface area contributed by atoms with Crippen LogP contribution in [0, 0.1) is 0 Å². The molecule has 0 spiro atoms. The molecule has 3 aromatic rings. The maximum atomic E-state index is 12.6. The quantitative estimate of drug-likeness (QED) is 0.582. The van der Waals surface area contributed by atoms with Crippen LogP contribution in [0.1, 0.15) is 43.7 Å². The number of esters is 1. The van der Waals surface area contributed by atoms with Gasteiger partial charge in [-0.15, -0.1) is 11.3 Å². The number of rotatable bonds is 6. The summed E-state index contributed by atoms with van der Waals surface area (Å²) in [5.74, 6) is 0.107. The summed E-state index contributed by atoms with van der Waals surface area (Å²) in [6, 6.07) is 6.19. The van der Waals surface area contributed by atoms with E-state index in [1.807, 2.05) is 36.9 Å². The van der Waals surface area contributed by atoms with Crippen molar-refractivity contribution in [2.24, 2.45) is 7.05 Å². The zero-order valence-electron chi connectivity index (χ0n) is 15.8. The smallest absolute Gasteiger partial charge is 0.358 e. The molecule has 0 saturated carbocycles. The van der Waals surface area contributed by atoms with Gasteiger partial charge in [0.2, 0.25) is 0 Å². The summed E-state index contributed by atoms with van der Waals surface area (Å²) >= 11 is 1.66. The lowest BCUT2D eigenvalue weighted by molar-refractivity contribution is 0.0509. The van der Waals surface area contributed by atoms with Crippen molar-refractivity contribution in [2.75, 3.05) is 6.61 Å². The minimum Gasteiger partial charge on any atom is -0.486 e. The van der Waals surface area contributed by atoms with Crippen LogP contribution in [0.4, 0.5) is 0 Å². The second-order valence-corrected chi connectivity index (χ2v) is 7.27. The van der Waals surface area contributed by atoms with Crippen molar-refractivity contribution >= 4 is 28.3 Å². The van der Waals surface area contributed by atoms with Crippen molar-refractivity contribution in [2.45, 2.75) is 40.2 Å². The van der Waals surface area contributed by atoms with Crippen molar-refractivity contribution in [3.63, 3.8) is 0 Å². The fraction of sp³-hybridized carbons (Fsp3) is 0.400. The number of nitrogens with zero attached hydrogens (tertiary/aromatic N) is 2. The number of hydrogen-bond acceptors (Lipinski definition) is 5. The molecule has 0 aliphatic rings. The SMILES string of the molecule is CCOC(=O)c1c(OC(C)C)c2nc(-c3cccs3)c(CC)cc2n1C. The van der Waals surface area contributed by atoms with Crippen LogP contribution in [0.2, 0.25) is 0 Å². The largest absolute Gasteiger partial charge is 0.486 e. The van der Waals surface area contributed by atoms with E-state index in [0.717, 1.165) is 28.1 Å². The number of pyridine rings is 1. The predicted octanol–water partition coefficient (Wildman–Crippen LogP) is 4.83. The number of carbonyl (C=O) groups is 1. The van der Waals surface area contributed by atoms with Gasteiger partial charge in [0.1, 0.15) is 5.52 Å². The number of hydrogen-bond donors (Lipinski definition) is 0. The molecule has 26 heavy (non-hydrogen) atoms. The van der Waals surface area contributed by atoms with Gasteiger partial charge in [0.25, 0.3) is 0 Å². The first-order valence-electron chi connectivity index (χ1n) is 8.87. The van der Waals surface area contributed by atoms with Gasteiger partial charge in [-0.25, -0.2) is 9.78 Å². The molecule has 0 bridgehead atoms. The van der Waals surface area contributed by atoms with E-state index in [0.29, 0.717) is 23.6 Å². The number of aryl methyl sites for hydroxylation is 2. The molecule has 3 aromatic heterocycles. The first kappa shape index (κ1) is 18.5. The summed E-state index contributed by atoms with van der Waals surface area (Å²) < 4.78 is 13.1. The van der Waals surface area contributed by atoms with Gasteiger partial charge in [-0.2, -0.15) is 0 Å². The molecule has 0 N–H and O–H groups in total. The molecule has 0 saturated heterocycles. The van der Waals surface area contributed by atoms with Gasteiger partial charge < -0.3 is 14.0 Å². The zero-order chi connectivity index (χ0) is 18.8. The number of fused-ring (bicyclic) bond motifs is 1. The van der Waals surface area contributed by atoms with E-state index in [2.05, 4.69) is 19.1 Å². The average molecular weight is 372 g/mol. The molecule has 0 aromatic carbocycles. The summed E-state index contributed by atoms with van der Waals surface area (Å²) in [6.45, 7) is 8.10. The van der Waals surface area contributed by atoms with Gasteiger partial charge in [-0.1, -0.05) is 13.0 Å². The number of aromatic nitrogens is 2. The van der Waals surface area contributed by atoms with E-state index in [4.69, 9.17) is 14.5 Å². The molecule has 0 amide bonds. The van der Waals surface area contributed by atoms with E-state index < -0.39 is 0 Å². The monoisotopic (exact) mass is 372 g/mol. The molecule has 3 rings (SSSR count). The Bertz CT molecular complexity index is 927. The van der Waals surface area contributed by atoms with Gasteiger partial charge in [-0.05, 0) is 50.3 Å². The third kappa shape index (κ3) is 3.21. The van der Waals surface area contributed by atoms with Crippen molar-refractivity contribution in [3.05, 3.63) is 34.8 Å². The number of carbonyl (C=O) groups excluding carboxylic acids is 1. The van der Waals surface area contributed by atoms with Gasteiger partial charge in [0.15, 0.2) is 11.4 Å². The van der Waals surface area contributed by atoms with Crippen molar-refractivity contribution < 1.29 is 14.3 Å². The number of ether oxygens (including phenoxy) is 2. The van der Waals surface area contributed by atoms with Gasteiger partial charge >= 0.3 is 5.97 Å². The minimum absolute atomic E-state index is 0.0772. The second-order valence-electron chi connectivity index (χ2n) is 6.32. The van der Waals surface area contributed by atoms with Gasteiger partial charge in [0, 0.05) is 7.05 Å². The predicted molar refractivity (Wildman–Crippen MR) is 105 cm³/mol. The van der Waals surface area contributed by atoms with Crippen LogP contribution in [-0.2, 0) is 18.2 Å². The van der Waals surface area contributed by atoms with Gasteiger partial charge in [-0.3, -0.25) is 0 Å². The van der Waals surface area contributed by atoms with Crippen LogP contribution in [0.3, 0.4) is 0 Å². The van der Waals surface area contributed by atoms with Crippen molar-refractivity contribution in [1.82, 2.24) is 9.55 Å². The molecule has 0 unspecified atom stereocenters. The standard InChI is InChI=1S/C20H24N2O3S/c1-6-13-11-14-17(21-16(13)15-9-8-10-26-15)19(25-12(3)4)18(22(14)5)20(23)24-7-2/h8-12H,6-7H2,1-5H3. The van der Waals surface area contributed by atoms with Crippen LogP contribution >= 0.6 is 11.3 Å². The van der Waals surface area contributed by atoms with Crippen molar-refractivity contribution in [3.8, 4) is 16.3 Å². The maximum absolute atomic E-state index is 12.6. The Labute approximate surface area is 157 Å². The molecule has 0 fully saturated rings. The molecular weight excluding hydrogens is 348 g/mol. The lowest BCUT2D eigenvalue weighted by atomic mass is 10.1. The van der Waals surface area contributed by atoms with E-state index in [9.17, 15) is 4.79 Å². The van der Waals surface area contributed by atoms with E-state index in [1.165, 1.54) is 0 Å². The van der Waals surface area contributed by atoms with E-state index >= 15 is 0 Å². The Balaban J connectivity index is 2.31. The maximum Gasteiger partial charge on any atom is 0.358 e. The molecule has 0 aliphatic heterocycles. The molecule has 138 valence electrons. The Hall–Kier alpha value is -2.34. The third-order valence-corrected chi connectivity index (χ3v) is 5.04. The van der Waals surface area contributed by atoms with Crippen LogP contribution in [0.25, 0.3) is 21.6 Å². The zero-order valence-corrected chi connectivity index (χ0v) is 16.6. The highest BCUT2D eigenvalue weighted by atomic mass is 32.1. The highest BCUT2D eigenvalue weighted by Crippen LogP contribution is 2.37. The minimum atomic E-state index is -0.389. The van der Waals surface area contributed by atoms with E-state index in [-0.39, 0.29) is 12.1 Å². The normalized spacial score (nSPS) is 11.3. The molecule has 3 heterocycles. The topological polar surface area (TPSA) is 53.4 Å². The Morgan fingerprint density at radius 2 is 2.12 bits per heavy atom. The first-order valence-corrected chi connectivity index (χ1v) is 9.75. The van der Waals surface area contributed by atoms with Crippen LogP contribution in [-0.4, -0.2) is 28.2 Å². The highest BCUT2D eigenvalue weighted by molar-refractivity contribution is 7.13. The molecule has 0 atom stereocenters. The molecule has 5 nitrogen and oxygen atoms in total. The summed E-state index contributed by atoms with van der Waals surface area (Å²) in [7, 11) is 1.85. The fourth-order valence-electron chi connectivity index (χ4n) is 3.02. The summed E-state index contributed by atoms with van der Waals surface area (Å²) in [5.41, 5.74) is 4.08. The molecule has 0 radical (unpaired) electrons. The van der Waals surface area contributed by atoms with E-state index in [1.54, 1.807) is 18.3 Å².